The van der Waals surface area contributed by atoms with Crippen LogP contribution in [0.25, 0.3) is 90.9 Å². The molecule has 0 saturated carbocycles. The molecule has 63 heavy (non-hydrogen) atoms. The molecular weight excluding hydrogens is 793 g/mol. The Kier molecular flexibility index (Phi) is 10.7. The van der Waals surface area contributed by atoms with Crippen LogP contribution in [0.15, 0.2) is 140 Å². The average Bonchev–Trinajstić information content (AvgIpc) is 4.18. The first-order valence-electron chi connectivity index (χ1n) is 20.7. The van der Waals surface area contributed by atoms with Gasteiger partial charge in [0.05, 0.1) is 28.3 Å². The van der Waals surface area contributed by atoms with E-state index in [1.54, 1.807) is 12.1 Å². The number of ether oxygens (including phenoxy) is 3. The summed E-state index contributed by atoms with van der Waals surface area (Å²) in [5.74, 6) is -0.658. The van der Waals surface area contributed by atoms with Gasteiger partial charge in [0.25, 0.3) is 0 Å². The first-order chi connectivity index (χ1) is 30.8. The van der Waals surface area contributed by atoms with Gasteiger partial charge in [-0.1, -0.05) is 103 Å². The van der Waals surface area contributed by atoms with Crippen LogP contribution in [-0.2, 0) is 14.2 Å². The fourth-order valence-corrected chi connectivity index (χ4v) is 8.50. The molecule has 6 heterocycles. The number of carbonyl (C=O) groups is 1. The number of aromatic nitrogens is 4. The molecule has 0 spiro atoms. The van der Waals surface area contributed by atoms with Crippen molar-refractivity contribution in [2.45, 2.75) is 30.7 Å². The molecule has 0 radical (unpaired) electrons. The first-order valence-corrected chi connectivity index (χ1v) is 20.7. The molecule has 4 aromatic carbocycles. The van der Waals surface area contributed by atoms with Crippen LogP contribution in [0, 0.1) is 0 Å². The third kappa shape index (κ3) is 7.58. The highest BCUT2D eigenvalue weighted by molar-refractivity contribution is 6.00. The van der Waals surface area contributed by atoms with Crippen molar-refractivity contribution in [3.8, 4) is 44.5 Å². The summed E-state index contributed by atoms with van der Waals surface area (Å²) < 4.78 is 16.2. The highest BCUT2D eigenvalue weighted by Gasteiger charge is 2.44. The second kappa shape index (κ2) is 16.9. The lowest BCUT2D eigenvalue weighted by atomic mass is 9.99. The number of esters is 1. The molecule has 3 aliphatic rings. The maximum absolute atomic E-state index is 13.3. The van der Waals surface area contributed by atoms with E-state index in [0.717, 1.165) is 83.7 Å². The van der Waals surface area contributed by atoms with Crippen LogP contribution in [0.1, 0.15) is 33.1 Å². The number of carbonyl (C=O) groups excluding carboxylic acids is 1. The van der Waals surface area contributed by atoms with E-state index in [1.807, 2.05) is 84.9 Å². The molecule has 7 aromatic rings. The SMILES string of the molecule is CO[C@@H]1O[C@H](COC(=O)c2ccc(-c3c4nc(c(-c5ccccc5)c5ccc([nH]5)c(-c5ccccc5)c5nc(c(-c6ccccc6)c6ccc3[nH]6)C=C5)C=C4)cc2)[C@H](O)[C@H](O)[C@H]1O. The zero-order valence-electron chi connectivity index (χ0n) is 34.1. The van der Waals surface area contributed by atoms with Crippen molar-refractivity contribution in [3.63, 3.8) is 0 Å². The molecule has 3 aromatic heterocycles. The van der Waals surface area contributed by atoms with E-state index in [4.69, 9.17) is 24.2 Å². The number of rotatable bonds is 8. The molecule has 11 nitrogen and oxygen atoms in total. The van der Waals surface area contributed by atoms with Gasteiger partial charge >= 0.3 is 5.97 Å². The summed E-state index contributed by atoms with van der Waals surface area (Å²) in [7, 11) is 1.31. The lowest BCUT2D eigenvalue weighted by Crippen LogP contribution is -2.59. The summed E-state index contributed by atoms with van der Waals surface area (Å²) >= 11 is 0. The largest absolute Gasteiger partial charge is 0.459 e. The summed E-state index contributed by atoms with van der Waals surface area (Å²) in [5, 5.41) is 30.9. The van der Waals surface area contributed by atoms with Crippen LogP contribution in [0.3, 0.4) is 0 Å². The molecule has 8 bridgehead atoms. The van der Waals surface area contributed by atoms with Crippen LogP contribution in [0.5, 0.6) is 0 Å². The maximum Gasteiger partial charge on any atom is 0.338 e. The number of aliphatic hydroxyl groups excluding tert-OH is 3. The molecule has 1 fully saturated rings. The lowest BCUT2D eigenvalue weighted by Gasteiger charge is -2.39. The van der Waals surface area contributed by atoms with Crippen LogP contribution < -0.4 is 0 Å². The zero-order valence-corrected chi connectivity index (χ0v) is 34.1. The van der Waals surface area contributed by atoms with Gasteiger partial charge in [0.2, 0.25) is 0 Å². The van der Waals surface area contributed by atoms with Crippen molar-refractivity contribution in [2.24, 2.45) is 0 Å². The minimum Gasteiger partial charge on any atom is -0.459 e. The monoisotopic (exact) mass is 834 g/mol. The van der Waals surface area contributed by atoms with Crippen LogP contribution in [0.2, 0.25) is 0 Å². The molecule has 10 rings (SSSR count). The Bertz CT molecular complexity index is 3010. The van der Waals surface area contributed by atoms with Gasteiger partial charge in [-0.15, -0.1) is 0 Å². The van der Waals surface area contributed by atoms with Crippen molar-refractivity contribution in [1.82, 2.24) is 19.9 Å². The van der Waals surface area contributed by atoms with Gasteiger partial charge in [-0.2, -0.15) is 0 Å². The lowest BCUT2D eigenvalue weighted by molar-refractivity contribution is -0.294. The fourth-order valence-electron chi connectivity index (χ4n) is 8.50. The molecule has 1 saturated heterocycles. The number of benzene rings is 4. The number of nitrogens with one attached hydrogen (secondary N) is 2. The molecule has 0 amide bonds. The third-order valence-corrected chi connectivity index (χ3v) is 11.6. The predicted octanol–water partition coefficient (Wildman–Crippen LogP) is 8.93. The van der Waals surface area contributed by atoms with Crippen LogP contribution in [0.4, 0.5) is 0 Å². The van der Waals surface area contributed by atoms with E-state index >= 15 is 0 Å². The molecule has 0 unspecified atom stereocenters. The number of fused-ring (bicyclic) bond motifs is 8. The van der Waals surface area contributed by atoms with Gasteiger partial charge in [-0.3, -0.25) is 0 Å². The minimum absolute atomic E-state index is 0.261. The fraction of sp³-hybridized carbons (Fsp3) is 0.135. The van der Waals surface area contributed by atoms with Crippen molar-refractivity contribution < 1.29 is 34.3 Å². The number of aromatic amines is 2. The highest BCUT2D eigenvalue weighted by atomic mass is 16.7. The van der Waals surface area contributed by atoms with Crippen molar-refractivity contribution in [3.05, 3.63) is 168 Å². The molecule has 5 atom stereocenters. The topological polar surface area (TPSA) is 163 Å². The maximum atomic E-state index is 13.3. The Hall–Kier alpha value is -7.25. The Morgan fingerprint density at radius 3 is 1.29 bits per heavy atom. The number of nitrogens with zero attached hydrogens (tertiary/aromatic N) is 2. The van der Waals surface area contributed by atoms with Crippen LogP contribution >= 0.6 is 0 Å². The first kappa shape index (κ1) is 39.9. The Morgan fingerprint density at radius 2 is 0.905 bits per heavy atom. The number of H-pyrrole nitrogens is 2. The summed E-state index contributed by atoms with van der Waals surface area (Å²) in [6.07, 6.45) is 1.40. The summed E-state index contributed by atoms with van der Waals surface area (Å²) in [4.78, 5) is 31.5. The minimum atomic E-state index is -1.54. The van der Waals surface area contributed by atoms with Crippen molar-refractivity contribution in [2.75, 3.05) is 13.7 Å². The summed E-state index contributed by atoms with van der Waals surface area (Å²) in [5.41, 5.74) is 14.3. The van der Waals surface area contributed by atoms with E-state index < -0.39 is 36.7 Å². The molecule has 312 valence electrons. The smallest absolute Gasteiger partial charge is 0.338 e. The summed E-state index contributed by atoms with van der Waals surface area (Å²) in [6.45, 7) is -0.373. The quantitative estimate of drug-likeness (QED) is 0.0941. The highest BCUT2D eigenvalue weighted by Crippen LogP contribution is 2.38. The number of hydrogen-bond donors (Lipinski definition) is 5. The van der Waals surface area contributed by atoms with Crippen molar-refractivity contribution >= 4 is 52.3 Å². The predicted molar refractivity (Wildman–Crippen MR) is 245 cm³/mol. The molecule has 11 heteroatoms. The Balaban J connectivity index is 1.16. The second-order valence-corrected chi connectivity index (χ2v) is 15.5. The average molecular weight is 835 g/mol. The zero-order chi connectivity index (χ0) is 43.0. The van der Waals surface area contributed by atoms with E-state index in [-0.39, 0.29) is 12.2 Å². The van der Waals surface area contributed by atoms with Crippen LogP contribution in [-0.4, -0.2) is 85.6 Å². The Morgan fingerprint density at radius 1 is 0.524 bits per heavy atom. The second-order valence-electron chi connectivity index (χ2n) is 15.5. The molecule has 5 N–H and O–H groups in total. The van der Waals surface area contributed by atoms with Gasteiger partial charge in [0.1, 0.15) is 31.0 Å². The van der Waals surface area contributed by atoms with E-state index in [9.17, 15) is 20.1 Å². The molecular formula is C52H42N4O7. The van der Waals surface area contributed by atoms with Gasteiger partial charge in [-0.25, -0.2) is 14.8 Å². The molecule has 3 aliphatic heterocycles. The van der Waals surface area contributed by atoms with E-state index in [1.165, 1.54) is 7.11 Å². The van der Waals surface area contributed by atoms with Gasteiger partial charge in [0, 0.05) is 51.4 Å². The normalized spacial score (nSPS) is 19.3. The van der Waals surface area contributed by atoms with E-state index in [0.29, 0.717) is 5.69 Å². The van der Waals surface area contributed by atoms with Gasteiger partial charge < -0.3 is 39.5 Å². The molecule has 0 aliphatic carbocycles. The van der Waals surface area contributed by atoms with E-state index in [2.05, 4.69) is 76.7 Å². The summed E-state index contributed by atoms with van der Waals surface area (Å²) in [6, 6.07) is 46.1. The third-order valence-electron chi connectivity index (χ3n) is 11.6. The Labute approximate surface area is 362 Å². The standard InChI is InChI=1S/C52H42N4O7/c1-61-52-50(59)49(58)48(57)43(63-52)29-62-51(60)34-19-17-33(18-20-34)47-41-27-25-39(55-41)45(31-13-7-3-8-14-31)37-23-21-35(53-37)44(30-11-5-2-6-12-30)36-22-24-38(54-36)46(32-15-9-4-10-16-32)40-26-28-42(47)56-40/h2-28,43,48-50,52-53,56-59H,29H2,1H3/t43-,48+,49+,50-,52-/m1/s1. The number of methoxy groups -OCH3 is 1. The van der Waals surface area contributed by atoms with Gasteiger partial charge in [0.15, 0.2) is 6.29 Å². The van der Waals surface area contributed by atoms with Gasteiger partial charge in [-0.05, 0) is 83.0 Å². The number of hydrogen-bond acceptors (Lipinski definition) is 9. The number of aliphatic hydroxyl groups is 3. The van der Waals surface area contributed by atoms with Crippen molar-refractivity contribution in [1.29, 1.82) is 0 Å².